The molecule has 0 aromatic heterocycles. The van der Waals surface area contributed by atoms with Gasteiger partial charge in [-0.05, 0) is 14.1 Å². The molecule has 6 unspecified atom stereocenters. The predicted molar refractivity (Wildman–Crippen MR) is 122 cm³/mol. The first kappa shape index (κ1) is 34.4. The molecule has 0 fully saturated rings. The first-order valence-electron chi connectivity index (χ1n) is 9.91. The van der Waals surface area contributed by atoms with Gasteiger partial charge < -0.3 is 39.3 Å². The molecule has 0 aromatic carbocycles. The highest BCUT2D eigenvalue weighted by Gasteiger charge is 2.27. The smallest absolute Gasteiger partial charge is 0.324 e. The lowest BCUT2D eigenvalue weighted by Crippen LogP contribution is -2.27. The summed E-state index contributed by atoms with van der Waals surface area (Å²) in [5.74, 6) is -1.09. The van der Waals surface area contributed by atoms with Crippen molar-refractivity contribution in [1.29, 1.82) is 0 Å². The van der Waals surface area contributed by atoms with Gasteiger partial charge in [0.1, 0.15) is 0 Å². The normalized spacial score (nSPS) is 21.1. The predicted octanol–water partition coefficient (Wildman–Crippen LogP) is 0.588. The standard InChI is InChI=1S/C14H36N2O14P4/c1-15-7-13(9-27-31(3,17)18)11-29-33(21,22)25-5-6-26-34(23,24)30-12-14(8-16-2)10-28-32(4,19)20/h13-16H,5-12H2,1-4H3,(H,17,18)(H,19,20)(H,21,22)(H,23,24). The van der Waals surface area contributed by atoms with Crippen molar-refractivity contribution in [2.24, 2.45) is 11.8 Å². The van der Waals surface area contributed by atoms with Gasteiger partial charge in [0.15, 0.2) is 0 Å². The third kappa shape index (κ3) is 20.6. The van der Waals surface area contributed by atoms with E-state index in [1.807, 2.05) is 0 Å². The van der Waals surface area contributed by atoms with Gasteiger partial charge in [-0.25, -0.2) is 9.13 Å². The van der Waals surface area contributed by atoms with Crippen molar-refractivity contribution in [3.63, 3.8) is 0 Å². The summed E-state index contributed by atoms with van der Waals surface area (Å²) >= 11 is 0. The van der Waals surface area contributed by atoms with E-state index in [-0.39, 0.29) is 39.5 Å². The Morgan fingerprint density at radius 2 is 0.882 bits per heavy atom. The van der Waals surface area contributed by atoms with Gasteiger partial charge in [-0.2, -0.15) is 0 Å². The molecule has 0 heterocycles. The number of phosphoric acid groups is 2. The molecule has 6 N–H and O–H groups in total. The van der Waals surface area contributed by atoms with E-state index in [0.717, 1.165) is 13.3 Å². The Morgan fingerprint density at radius 1 is 0.588 bits per heavy atom. The summed E-state index contributed by atoms with van der Waals surface area (Å²) in [7, 11) is -13.4. The molecular weight excluding hydrogens is 544 g/mol. The van der Waals surface area contributed by atoms with Crippen molar-refractivity contribution < 1.29 is 65.0 Å². The minimum Gasteiger partial charge on any atom is -0.324 e. The summed E-state index contributed by atoms with van der Waals surface area (Å²) in [6.07, 6.45) is 0. The van der Waals surface area contributed by atoms with Gasteiger partial charge in [-0.3, -0.25) is 27.2 Å². The van der Waals surface area contributed by atoms with Gasteiger partial charge in [0.25, 0.3) is 0 Å². The number of hydrogen-bond acceptors (Lipinski definition) is 12. The molecular formula is C14H36N2O14P4. The largest absolute Gasteiger partial charge is 0.472 e. The van der Waals surface area contributed by atoms with Gasteiger partial charge >= 0.3 is 30.8 Å². The molecule has 0 spiro atoms. The minimum atomic E-state index is -4.56. The van der Waals surface area contributed by atoms with Gasteiger partial charge in [-0.15, -0.1) is 0 Å². The molecule has 0 radical (unpaired) electrons. The quantitative estimate of drug-likeness (QED) is 0.0806. The van der Waals surface area contributed by atoms with Crippen LogP contribution in [0.3, 0.4) is 0 Å². The average molecular weight is 580 g/mol. The lowest BCUT2D eigenvalue weighted by atomic mass is 10.2. The first-order valence-corrected chi connectivity index (χ1v) is 16.9. The van der Waals surface area contributed by atoms with Crippen molar-refractivity contribution in [1.82, 2.24) is 10.6 Å². The zero-order valence-corrected chi connectivity index (χ0v) is 23.0. The van der Waals surface area contributed by atoms with E-state index < -0.39 is 55.9 Å². The third-order valence-corrected chi connectivity index (χ3v) is 6.85. The second-order valence-electron chi connectivity index (χ2n) is 7.24. The molecule has 0 aliphatic heterocycles. The molecule has 0 saturated carbocycles. The van der Waals surface area contributed by atoms with Crippen LogP contribution in [0.15, 0.2) is 0 Å². The lowest BCUT2D eigenvalue weighted by Gasteiger charge is -2.20. The third-order valence-electron chi connectivity index (χ3n) is 3.62. The molecule has 0 amide bonds. The Morgan fingerprint density at radius 3 is 1.15 bits per heavy atom. The summed E-state index contributed by atoms with van der Waals surface area (Å²) in [5.41, 5.74) is 0. The van der Waals surface area contributed by atoms with E-state index in [4.69, 9.17) is 18.1 Å². The highest BCUT2D eigenvalue weighted by atomic mass is 31.2. The van der Waals surface area contributed by atoms with E-state index in [0.29, 0.717) is 0 Å². The van der Waals surface area contributed by atoms with Crippen molar-refractivity contribution >= 4 is 30.8 Å². The van der Waals surface area contributed by atoms with Crippen LogP contribution in [0, 0.1) is 11.8 Å². The van der Waals surface area contributed by atoms with E-state index in [2.05, 4.69) is 19.7 Å². The second kappa shape index (κ2) is 16.3. The maximum Gasteiger partial charge on any atom is 0.472 e. The summed E-state index contributed by atoms with van der Waals surface area (Å²) < 4.78 is 74.8. The Balaban J connectivity index is 4.43. The Labute approximate surface area is 198 Å². The van der Waals surface area contributed by atoms with Gasteiger partial charge in [0.2, 0.25) is 0 Å². The summed E-state index contributed by atoms with van der Waals surface area (Å²) in [5, 5.41) is 5.56. The number of phosphoric ester groups is 2. The van der Waals surface area contributed by atoms with Gasteiger partial charge in [0, 0.05) is 38.3 Å². The fourth-order valence-electron chi connectivity index (χ4n) is 2.18. The lowest BCUT2D eigenvalue weighted by molar-refractivity contribution is 0.0805. The van der Waals surface area contributed by atoms with Crippen molar-refractivity contribution in [3.05, 3.63) is 0 Å². The molecule has 20 heteroatoms. The Hall–Kier alpha value is 0.440. The molecule has 16 nitrogen and oxygen atoms in total. The van der Waals surface area contributed by atoms with E-state index >= 15 is 0 Å². The van der Waals surface area contributed by atoms with Crippen LogP contribution in [0.4, 0.5) is 0 Å². The van der Waals surface area contributed by atoms with Gasteiger partial charge in [-0.1, -0.05) is 0 Å². The molecule has 0 aromatic rings. The summed E-state index contributed by atoms with van der Waals surface area (Å²) in [6, 6.07) is 0. The van der Waals surface area contributed by atoms with Crippen molar-refractivity contribution in [2.45, 2.75) is 0 Å². The molecule has 6 atom stereocenters. The molecule has 0 bridgehead atoms. The molecule has 206 valence electrons. The zero-order chi connectivity index (χ0) is 26.5. The Kier molecular flexibility index (Phi) is 16.5. The van der Waals surface area contributed by atoms with Crippen molar-refractivity contribution in [2.75, 3.05) is 80.2 Å². The van der Waals surface area contributed by atoms with Crippen LogP contribution in [0.25, 0.3) is 0 Å². The number of nitrogens with one attached hydrogen (secondary N) is 2. The zero-order valence-electron chi connectivity index (χ0n) is 19.5. The fourth-order valence-corrected chi connectivity index (χ4v) is 4.71. The van der Waals surface area contributed by atoms with Crippen LogP contribution in [0.2, 0.25) is 0 Å². The highest BCUT2D eigenvalue weighted by Crippen LogP contribution is 2.46. The monoisotopic (exact) mass is 580 g/mol. The maximum atomic E-state index is 12.0. The minimum absolute atomic E-state index is 0.215. The van der Waals surface area contributed by atoms with Crippen LogP contribution in [-0.2, 0) is 45.4 Å². The molecule has 34 heavy (non-hydrogen) atoms. The Bertz CT molecular complexity index is 697. The SMILES string of the molecule is CNCC(COP(C)(=O)O)COP(=O)(O)OCCOP(=O)(O)OCC(CNC)COP(C)(=O)O. The van der Waals surface area contributed by atoms with Crippen molar-refractivity contribution in [3.8, 4) is 0 Å². The van der Waals surface area contributed by atoms with Crippen LogP contribution in [0.1, 0.15) is 0 Å². The van der Waals surface area contributed by atoms with Crippen LogP contribution in [0.5, 0.6) is 0 Å². The summed E-state index contributed by atoms with van der Waals surface area (Å²) in [6.45, 7) is 0.200. The first-order chi connectivity index (χ1) is 15.5. The van der Waals surface area contributed by atoms with E-state index in [1.54, 1.807) is 14.1 Å². The second-order valence-corrected chi connectivity index (χ2v) is 13.9. The van der Waals surface area contributed by atoms with Crippen LogP contribution in [-0.4, -0.2) is 99.7 Å². The van der Waals surface area contributed by atoms with Crippen LogP contribution >= 0.6 is 30.8 Å². The molecule has 0 aliphatic rings. The highest BCUT2D eigenvalue weighted by molar-refractivity contribution is 7.52. The number of rotatable bonds is 21. The topological polar surface area (TPSA) is 229 Å². The van der Waals surface area contributed by atoms with E-state index in [1.165, 1.54) is 0 Å². The molecule has 0 saturated heterocycles. The van der Waals surface area contributed by atoms with E-state index in [9.17, 15) is 37.8 Å². The molecule has 0 rings (SSSR count). The van der Waals surface area contributed by atoms with Gasteiger partial charge in [0.05, 0.1) is 39.6 Å². The maximum absolute atomic E-state index is 12.0. The molecule has 0 aliphatic carbocycles. The average Bonchev–Trinajstić information content (AvgIpc) is 2.68. The number of hydrogen-bond donors (Lipinski definition) is 6. The summed E-state index contributed by atoms with van der Waals surface area (Å²) in [4.78, 5) is 37.8. The van der Waals surface area contributed by atoms with Crippen LogP contribution < -0.4 is 10.6 Å². The fraction of sp³-hybridized carbons (Fsp3) is 1.00.